The lowest BCUT2D eigenvalue weighted by Crippen LogP contribution is -2.26. The Bertz CT molecular complexity index is 4440. The van der Waals surface area contributed by atoms with Crippen molar-refractivity contribution in [3.8, 4) is 28.7 Å². The quantitative estimate of drug-likeness (QED) is 0.00423. The van der Waals surface area contributed by atoms with Crippen molar-refractivity contribution in [3.63, 3.8) is 0 Å². The number of benzene rings is 6. The zero-order valence-electron chi connectivity index (χ0n) is 84.7. The lowest BCUT2D eigenvalue weighted by Gasteiger charge is -2.20. The molecule has 2 amide bonds. The van der Waals surface area contributed by atoms with Gasteiger partial charge in [-0.1, -0.05) is 110 Å². The number of ether oxygens (including phenoxy) is 10. The molecule has 36 heteroatoms. The number of carbonyl (C=O) groups is 6. The van der Waals surface area contributed by atoms with Crippen LogP contribution in [0, 0.1) is 28.6 Å². The van der Waals surface area contributed by atoms with Crippen LogP contribution in [0.2, 0.25) is 0 Å². The number of esters is 2. The van der Waals surface area contributed by atoms with Crippen LogP contribution in [0.15, 0.2) is 156 Å². The number of aliphatic imine (C=N–C) groups is 2. The minimum atomic E-state index is -5.08. The number of alkyl halides is 6. The summed E-state index contributed by atoms with van der Waals surface area (Å²) in [6.45, 7) is 28.0. The van der Waals surface area contributed by atoms with Crippen molar-refractivity contribution in [3.05, 3.63) is 185 Å². The molecule has 0 aliphatic rings. The SMILES string of the molecule is COCCCCCOc1ccc(CCCC(CC(=O)OC(C)(C)C)=NC(=O)OC(C)(C)C)cc1.Cc1ccc(CCCC(CC(=O)OC(C)(C)C)=NC(=O)OC(C)(C)C)cc1.Cl.Cl.N=C(N)CCCc1ccc(OCCCCCCCOc2ccc(CCCC(=N)N)cc2)cc1.N=C(N)CCCc1ccc(OCCCCCOc2ccc(CCCC(=N)N)cc2)cc1.O=C(O)C(F)(F)F.O=C(O)C(F)(F)F. The topological polar surface area (TPSA) is 459 Å². The molecule has 6 aromatic carbocycles. The molecule has 6 rings (SSSR count). The predicted octanol–water partition coefficient (Wildman–Crippen LogP) is 24.3. The van der Waals surface area contributed by atoms with Crippen LogP contribution in [0.1, 0.15) is 283 Å². The van der Waals surface area contributed by atoms with Gasteiger partial charge in [0.15, 0.2) is 0 Å². The van der Waals surface area contributed by atoms with Crippen LogP contribution in [-0.4, -0.2) is 163 Å². The molecule has 141 heavy (non-hydrogen) atoms. The van der Waals surface area contributed by atoms with Crippen LogP contribution in [0.3, 0.4) is 0 Å². The molecular weight excluding hydrogens is 1870 g/mol. The summed E-state index contributed by atoms with van der Waals surface area (Å²) >= 11 is 0. The second kappa shape index (κ2) is 72.7. The van der Waals surface area contributed by atoms with Gasteiger partial charge in [-0.25, -0.2) is 19.2 Å². The lowest BCUT2D eigenvalue weighted by atomic mass is 10.0. The fourth-order valence-electron chi connectivity index (χ4n) is 12.3. The van der Waals surface area contributed by atoms with Gasteiger partial charge in [-0.3, -0.25) is 31.2 Å². The van der Waals surface area contributed by atoms with Gasteiger partial charge in [0.2, 0.25) is 0 Å². The number of methoxy groups -OCH3 is 1. The maximum atomic E-state index is 12.3. The van der Waals surface area contributed by atoms with Gasteiger partial charge < -0.3 is 80.5 Å². The molecule has 0 saturated heterocycles. The largest absolute Gasteiger partial charge is 0.494 e. The molecule has 0 aliphatic carbocycles. The highest BCUT2D eigenvalue weighted by atomic mass is 35.5. The summed E-state index contributed by atoms with van der Waals surface area (Å²) in [6.07, 6.45) is 14.5. The summed E-state index contributed by atoms with van der Waals surface area (Å²) in [5.41, 5.74) is 28.7. The highest BCUT2D eigenvalue weighted by molar-refractivity contribution is 6.04. The standard InChI is InChI=1S/C27H40N4O2.C27H43NO6.C25H36N4O2.C22H33NO4.2C2HF3O2.2ClH/c28-26(29)10-6-8-22-12-16-24(17-13-22)32-20-4-2-1-3-5-21-33-25-18-14-23(15-19-25)9-7-11-27(30)31;1-26(2,3)33-24(29)20-22(28-25(30)34-27(4,5)6)13-11-12-21-14-16-23(17-15-21)32-19-10-8-9-18-31-7;26-24(27)8-4-6-20-10-14-22(15-11-20)30-18-2-1-3-19-31-23-16-12-21(13-17-23)7-5-9-25(28)29;1-16-11-13-17(14-12-16)9-8-10-18(15-19(24)26-21(2,3)4)23-20(25)27-22(5,6)7;2*3-2(4,5)1(6)7;;/h12-19H,1-11,20-21H2,(H3,28,29)(H3,30,31);14-17H,8-13,18-20H2,1-7H3;10-17H,1-9,18-19H2,(H3,26,27)(H3,28,29);11-14H,8-10,15H2,1-7H3;2*(H,6,7);2*1H. The normalized spacial score (nSPS) is 11.3. The van der Waals surface area contributed by atoms with Crippen LogP contribution in [0.4, 0.5) is 35.9 Å². The van der Waals surface area contributed by atoms with Gasteiger partial charge >= 0.3 is 48.4 Å². The average Bonchev–Trinajstić information content (AvgIpc) is 0.899. The number of amidine groups is 4. The van der Waals surface area contributed by atoms with E-state index in [-0.39, 0.29) is 67.0 Å². The lowest BCUT2D eigenvalue weighted by molar-refractivity contribution is -0.193. The molecule has 0 aliphatic heterocycles. The molecular formula is C105H156Cl2F6N10O18. The van der Waals surface area contributed by atoms with Gasteiger partial charge in [0.05, 0.1) is 69.2 Å². The van der Waals surface area contributed by atoms with Crippen LogP contribution in [0.5, 0.6) is 28.7 Å². The number of aryl methyl sites for hydroxylation is 7. The molecule has 14 N–H and O–H groups in total. The van der Waals surface area contributed by atoms with E-state index in [1.165, 1.54) is 39.8 Å². The third-order valence-electron chi connectivity index (χ3n) is 19.0. The van der Waals surface area contributed by atoms with Crippen molar-refractivity contribution in [1.82, 2.24) is 0 Å². The number of carboxylic acid groups (broad SMARTS) is 2. The first kappa shape index (κ1) is 132. The van der Waals surface area contributed by atoms with Crippen molar-refractivity contribution in [2.45, 2.75) is 324 Å². The molecule has 28 nitrogen and oxygen atoms in total. The predicted molar refractivity (Wildman–Crippen MR) is 549 cm³/mol. The van der Waals surface area contributed by atoms with Crippen molar-refractivity contribution in [2.24, 2.45) is 32.9 Å². The van der Waals surface area contributed by atoms with E-state index >= 15 is 0 Å². The summed E-state index contributed by atoms with van der Waals surface area (Å²) in [5.74, 6) is -0.803. The molecule has 0 aromatic heterocycles. The third-order valence-corrected chi connectivity index (χ3v) is 19.0. The van der Waals surface area contributed by atoms with Crippen molar-refractivity contribution in [1.29, 1.82) is 21.6 Å². The number of unbranched alkanes of at least 4 members (excludes halogenated alkanes) is 8. The first-order valence-corrected chi connectivity index (χ1v) is 47.2. The monoisotopic (exact) mass is 2030 g/mol. The Morgan fingerprint density at radius 1 is 0.298 bits per heavy atom. The molecule has 0 spiro atoms. The molecule has 6 aromatic rings. The number of hydrogen-bond donors (Lipinski definition) is 10. The minimum Gasteiger partial charge on any atom is -0.494 e. The molecule has 0 heterocycles. The van der Waals surface area contributed by atoms with Gasteiger partial charge in [-0.15, -0.1) is 24.8 Å². The fraction of sp³-hybridized carbons (Fsp3) is 0.543. The maximum Gasteiger partial charge on any atom is 0.490 e. The molecule has 0 bridgehead atoms. The number of amides is 2. The van der Waals surface area contributed by atoms with Crippen LogP contribution in [0.25, 0.3) is 0 Å². The Balaban J connectivity index is 0. The van der Waals surface area contributed by atoms with Gasteiger partial charge in [0, 0.05) is 50.8 Å². The number of aliphatic carboxylic acids is 2. The van der Waals surface area contributed by atoms with Crippen molar-refractivity contribution >= 4 is 95.6 Å². The second-order valence-corrected chi connectivity index (χ2v) is 37.0. The van der Waals surface area contributed by atoms with E-state index in [9.17, 15) is 45.5 Å². The zero-order chi connectivity index (χ0) is 104. The molecule has 0 fully saturated rings. The number of nitrogens with two attached hydrogens (primary N) is 4. The number of carboxylic acids is 2. The fourth-order valence-corrected chi connectivity index (χ4v) is 12.3. The highest BCUT2D eigenvalue weighted by Crippen LogP contribution is 2.25. The molecule has 0 radical (unpaired) electrons. The van der Waals surface area contributed by atoms with E-state index in [1.54, 1.807) is 48.7 Å². The Kier molecular flexibility index (Phi) is 67.8. The van der Waals surface area contributed by atoms with Gasteiger partial charge in [0.1, 0.15) is 51.2 Å². The smallest absolute Gasteiger partial charge is 0.490 e. The zero-order valence-corrected chi connectivity index (χ0v) is 86.4. The van der Waals surface area contributed by atoms with Gasteiger partial charge in [-0.2, -0.15) is 36.3 Å². The van der Waals surface area contributed by atoms with Crippen LogP contribution in [-0.2, 0) is 81.4 Å². The number of halogens is 8. The van der Waals surface area contributed by atoms with E-state index in [0.717, 1.165) is 195 Å². The first-order valence-electron chi connectivity index (χ1n) is 47.2. The average molecular weight is 2030 g/mol. The summed E-state index contributed by atoms with van der Waals surface area (Å²) in [4.78, 5) is 74.6. The Labute approximate surface area is 842 Å². The molecule has 0 saturated carbocycles. The van der Waals surface area contributed by atoms with E-state index in [1.807, 2.05) is 114 Å². The summed E-state index contributed by atoms with van der Waals surface area (Å²) in [6, 6.07) is 49.2. The first-order chi connectivity index (χ1) is 65.2. The maximum absolute atomic E-state index is 12.3. The highest BCUT2D eigenvalue weighted by Gasteiger charge is 2.39. The summed E-state index contributed by atoms with van der Waals surface area (Å²) < 4.78 is 119. The number of carbonyl (C=O) groups excluding carboxylic acids is 4. The summed E-state index contributed by atoms with van der Waals surface area (Å²) in [7, 11) is 1.72. The number of nitrogens with one attached hydrogen (secondary N) is 4. The van der Waals surface area contributed by atoms with E-state index in [4.69, 9.17) is 112 Å². The minimum absolute atomic E-state index is 0. The Hall–Kier alpha value is -11.5. The number of nitrogens with zero attached hydrogens (tertiary/aromatic N) is 2. The van der Waals surface area contributed by atoms with Crippen molar-refractivity contribution < 1.29 is 113 Å². The molecule has 790 valence electrons. The van der Waals surface area contributed by atoms with Gasteiger partial charge in [0.25, 0.3) is 0 Å². The molecule has 0 atom stereocenters. The van der Waals surface area contributed by atoms with E-state index < -0.39 is 64.9 Å². The Morgan fingerprint density at radius 2 is 0.482 bits per heavy atom. The number of rotatable bonds is 53. The third kappa shape index (κ3) is 77.9. The van der Waals surface area contributed by atoms with Crippen molar-refractivity contribution in [2.75, 3.05) is 46.8 Å². The number of hydrogen-bond acceptors (Lipinski definition) is 20. The van der Waals surface area contributed by atoms with E-state index in [0.29, 0.717) is 69.8 Å². The summed E-state index contributed by atoms with van der Waals surface area (Å²) in [5, 5.41) is 43.3. The molecule has 0 unspecified atom stereocenters. The van der Waals surface area contributed by atoms with Crippen LogP contribution >= 0.6 is 24.8 Å². The van der Waals surface area contributed by atoms with Crippen LogP contribution < -0.4 is 46.6 Å². The van der Waals surface area contributed by atoms with E-state index in [2.05, 4.69) is 89.7 Å². The second-order valence-electron chi connectivity index (χ2n) is 37.0. The Morgan fingerprint density at radius 3 is 0.674 bits per heavy atom. The van der Waals surface area contributed by atoms with Gasteiger partial charge in [-0.05, 0) is 325 Å².